The van der Waals surface area contributed by atoms with Crippen LogP contribution in [-0.4, -0.2) is 66.7 Å². The van der Waals surface area contributed by atoms with Gasteiger partial charge in [0, 0.05) is 24.8 Å². The van der Waals surface area contributed by atoms with Gasteiger partial charge in [0.15, 0.2) is 0 Å². The van der Waals surface area contributed by atoms with E-state index in [1.807, 2.05) is 19.9 Å². The number of nitrogens with one attached hydrogen (secondary N) is 2. The number of aliphatic hydroxyl groups is 3. The first-order valence-corrected chi connectivity index (χ1v) is 11.8. The molecular weight excluding hydrogens is 428 g/mol. The number of rotatable bonds is 7. The number of fused-ring (bicyclic) bond motifs is 1. The Kier molecular flexibility index (Phi) is 5.70. The van der Waals surface area contributed by atoms with Crippen molar-refractivity contribution >= 4 is 33.3 Å². The maximum atomic E-state index is 10.5. The first-order chi connectivity index (χ1) is 15.4. The number of pyridine rings is 1. The smallest absolute Gasteiger partial charge is 0.224 e. The van der Waals surface area contributed by atoms with Gasteiger partial charge in [-0.2, -0.15) is 4.98 Å². The molecular formula is C22H28N6O3S. The molecule has 3 aromatic rings. The molecule has 170 valence electrons. The van der Waals surface area contributed by atoms with Crippen LogP contribution in [0, 0.1) is 25.7 Å². The Morgan fingerprint density at radius 3 is 2.66 bits per heavy atom. The summed E-state index contributed by atoms with van der Waals surface area (Å²) in [7, 11) is 0. The first-order valence-electron chi connectivity index (χ1n) is 11.0. The molecule has 0 amide bonds. The van der Waals surface area contributed by atoms with Crippen LogP contribution in [0.3, 0.4) is 0 Å². The molecule has 9 nitrogen and oxygen atoms in total. The van der Waals surface area contributed by atoms with Crippen LogP contribution in [0.4, 0.5) is 11.8 Å². The Morgan fingerprint density at radius 2 is 1.94 bits per heavy atom. The SMILES string of the molecule is Cc1cc2sc(-c3c(C)nc(NCC4CC4)nc3NC3CC(CO)C(O)C3O)nc2cn1. The Hall–Kier alpha value is -2.40. The molecule has 10 heteroatoms. The van der Waals surface area contributed by atoms with Crippen LogP contribution in [-0.2, 0) is 0 Å². The lowest BCUT2D eigenvalue weighted by atomic mass is 10.1. The van der Waals surface area contributed by atoms with Crippen LogP contribution >= 0.6 is 11.3 Å². The van der Waals surface area contributed by atoms with Crippen LogP contribution in [0.5, 0.6) is 0 Å². The molecule has 3 heterocycles. The van der Waals surface area contributed by atoms with Crippen LogP contribution < -0.4 is 10.6 Å². The fourth-order valence-electron chi connectivity index (χ4n) is 4.23. The Balaban J connectivity index is 1.53. The van der Waals surface area contributed by atoms with Crippen molar-refractivity contribution in [2.75, 3.05) is 23.8 Å². The van der Waals surface area contributed by atoms with Gasteiger partial charge >= 0.3 is 0 Å². The van der Waals surface area contributed by atoms with Gasteiger partial charge in [0.25, 0.3) is 0 Å². The molecule has 3 aromatic heterocycles. The second kappa shape index (κ2) is 8.51. The third kappa shape index (κ3) is 4.15. The summed E-state index contributed by atoms with van der Waals surface area (Å²) < 4.78 is 1.03. The number of aryl methyl sites for hydroxylation is 2. The molecule has 2 aliphatic rings. The molecule has 2 saturated carbocycles. The third-order valence-electron chi connectivity index (χ3n) is 6.32. The summed E-state index contributed by atoms with van der Waals surface area (Å²) in [5.74, 6) is 1.39. The monoisotopic (exact) mass is 456 g/mol. The van der Waals surface area contributed by atoms with Crippen molar-refractivity contribution in [3.8, 4) is 10.6 Å². The van der Waals surface area contributed by atoms with Crippen molar-refractivity contribution in [2.24, 2.45) is 11.8 Å². The Bertz CT molecular complexity index is 1130. The number of hydrogen-bond donors (Lipinski definition) is 5. The van der Waals surface area contributed by atoms with E-state index in [1.54, 1.807) is 17.5 Å². The largest absolute Gasteiger partial charge is 0.396 e. The van der Waals surface area contributed by atoms with E-state index in [-0.39, 0.29) is 12.5 Å². The molecule has 0 bridgehead atoms. The lowest BCUT2D eigenvalue weighted by Gasteiger charge is -2.21. The summed E-state index contributed by atoms with van der Waals surface area (Å²) in [5, 5.41) is 37.8. The fourth-order valence-corrected chi connectivity index (χ4v) is 5.36. The quantitative estimate of drug-likeness (QED) is 0.362. The zero-order chi connectivity index (χ0) is 22.4. The van der Waals surface area contributed by atoms with Gasteiger partial charge in [0.05, 0.1) is 34.3 Å². The molecule has 2 aliphatic carbocycles. The summed E-state index contributed by atoms with van der Waals surface area (Å²) >= 11 is 1.55. The Morgan fingerprint density at radius 1 is 1.12 bits per heavy atom. The van der Waals surface area contributed by atoms with Crippen molar-refractivity contribution in [3.05, 3.63) is 23.7 Å². The van der Waals surface area contributed by atoms with Crippen LogP contribution in [0.2, 0.25) is 0 Å². The lowest BCUT2D eigenvalue weighted by molar-refractivity contribution is 0.00446. The second-order valence-electron chi connectivity index (χ2n) is 8.90. The maximum absolute atomic E-state index is 10.5. The predicted molar refractivity (Wildman–Crippen MR) is 124 cm³/mol. The highest BCUT2D eigenvalue weighted by Gasteiger charge is 2.41. The maximum Gasteiger partial charge on any atom is 0.224 e. The van der Waals surface area contributed by atoms with Gasteiger partial charge in [-0.15, -0.1) is 11.3 Å². The second-order valence-corrected chi connectivity index (χ2v) is 9.93. The van der Waals surface area contributed by atoms with Gasteiger partial charge in [-0.25, -0.2) is 9.97 Å². The van der Waals surface area contributed by atoms with Crippen molar-refractivity contribution in [2.45, 2.75) is 51.4 Å². The zero-order valence-electron chi connectivity index (χ0n) is 18.1. The summed E-state index contributed by atoms with van der Waals surface area (Å²) in [4.78, 5) is 18.5. The summed E-state index contributed by atoms with van der Waals surface area (Å²) in [5.41, 5.74) is 3.29. The van der Waals surface area contributed by atoms with E-state index < -0.39 is 18.2 Å². The first kappa shape index (κ1) is 21.4. The van der Waals surface area contributed by atoms with Crippen molar-refractivity contribution in [1.29, 1.82) is 0 Å². The van der Waals surface area contributed by atoms with Gasteiger partial charge in [0.2, 0.25) is 5.95 Å². The summed E-state index contributed by atoms with van der Waals surface area (Å²) in [6.45, 7) is 4.54. The topological polar surface area (TPSA) is 136 Å². The minimum absolute atomic E-state index is 0.176. The number of aromatic nitrogens is 4. The summed E-state index contributed by atoms with van der Waals surface area (Å²) in [6, 6.07) is 1.57. The van der Waals surface area contributed by atoms with Crippen molar-refractivity contribution in [1.82, 2.24) is 19.9 Å². The van der Waals surface area contributed by atoms with E-state index in [9.17, 15) is 15.3 Å². The normalized spacial score (nSPS) is 25.4. The van der Waals surface area contributed by atoms with E-state index in [2.05, 4.69) is 20.6 Å². The average molecular weight is 457 g/mol. The number of thiazole rings is 1. The standard InChI is InChI=1S/C22H28N6O3S/c1-10-5-16-15(8-23-10)27-21(32-16)17-11(2)25-22(24-7-12-3-4-12)28-20(17)26-14-6-13(9-29)18(30)19(14)31/h5,8,12-14,18-19,29-31H,3-4,6-7,9H2,1-2H3,(H2,24,25,26,28). The number of nitrogens with zero attached hydrogens (tertiary/aromatic N) is 4. The van der Waals surface area contributed by atoms with Crippen molar-refractivity contribution in [3.63, 3.8) is 0 Å². The van der Waals surface area contributed by atoms with Crippen LogP contribution in [0.25, 0.3) is 20.8 Å². The van der Waals surface area contributed by atoms with E-state index in [4.69, 9.17) is 9.97 Å². The zero-order valence-corrected chi connectivity index (χ0v) is 18.9. The van der Waals surface area contributed by atoms with E-state index in [0.29, 0.717) is 24.1 Å². The molecule has 0 aliphatic heterocycles. The minimum Gasteiger partial charge on any atom is -0.396 e. The molecule has 2 fully saturated rings. The molecule has 5 rings (SSSR count). The number of hydrogen-bond acceptors (Lipinski definition) is 10. The molecule has 0 aromatic carbocycles. The Labute approximate surface area is 190 Å². The molecule has 0 radical (unpaired) electrons. The molecule has 4 atom stereocenters. The third-order valence-corrected chi connectivity index (χ3v) is 7.36. The van der Waals surface area contributed by atoms with Crippen LogP contribution in [0.15, 0.2) is 12.3 Å². The van der Waals surface area contributed by atoms with Gasteiger partial charge in [-0.05, 0) is 45.1 Å². The number of anilines is 2. The van der Waals surface area contributed by atoms with E-state index >= 15 is 0 Å². The highest BCUT2D eigenvalue weighted by Crippen LogP contribution is 2.38. The van der Waals surface area contributed by atoms with E-state index in [0.717, 1.165) is 38.7 Å². The lowest BCUT2D eigenvalue weighted by Crippen LogP contribution is -2.35. The van der Waals surface area contributed by atoms with Gasteiger partial charge in [-0.3, -0.25) is 4.98 Å². The van der Waals surface area contributed by atoms with Gasteiger partial charge in [-0.1, -0.05) is 0 Å². The van der Waals surface area contributed by atoms with Crippen molar-refractivity contribution < 1.29 is 15.3 Å². The fraction of sp³-hybridized carbons (Fsp3) is 0.545. The van der Waals surface area contributed by atoms with Gasteiger partial charge < -0.3 is 26.0 Å². The minimum atomic E-state index is -1.000. The molecule has 32 heavy (non-hydrogen) atoms. The summed E-state index contributed by atoms with van der Waals surface area (Å²) in [6.07, 6.45) is 2.68. The highest BCUT2D eigenvalue weighted by atomic mass is 32.1. The molecule has 0 spiro atoms. The highest BCUT2D eigenvalue weighted by molar-refractivity contribution is 7.21. The average Bonchev–Trinajstić information content (AvgIpc) is 3.45. The van der Waals surface area contributed by atoms with Gasteiger partial charge in [0.1, 0.15) is 22.4 Å². The predicted octanol–water partition coefficient (Wildman–Crippen LogP) is 2.10. The molecule has 4 unspecified atom stereocenters. The van der Waals surface area contributed by atoms with Crippen LogP contribution in [0.1, 0.15) is 30.7 Å². The molecule has 0 saturated heterocycles. The number of aliphatic hydroxyl groups excluding tert-OH is 3. The van der Waals surface area contributed by atoms with E-state index in [1.165, 1.54) is 12.8 Å². The molecule has 5 N–H and O–H groups in total.